The van der Waals surface area contributed by atoms with E-state index in [4.69, 9.17) is 41.5 Å². The van der Waals surface area contributed by atoms with E-state index in [1.54, 1.807) is 0 Å². The summed E-state index contributed by atoms with van der Waals surface area (Å²) in [4.78, 5) is 29.8. The summed E-state index contributed by atoms with van der Waals surface area (Å²) in [5.74, 6) is 3.45. The van der Waals surface area contributed by atoms with Crippen molar-refractivity contribution in [2.24, 2.45) is 0 Å². The fourth-order valence-electron chi connectivity index (χ4n) is 7.19. The number of hydrogen-bond acceptors (Lipinski definition) is 6. The maximum atomic E-state index is 6.65. The quantitative estimate of drug-likeness (QED) is 0.153. The first-order chi connectivity index (χ1) is 29.1. The zero-order valence-electron chi connectivity index (χ0n) is 31.6. The summed E-state index contributed by atoms with van der Waals surface area (Å²) < 4.78 is 0. The molecule has 0 amide bonds. The van der Waals surface area contributed by atoms with Crippen LogP contribution >= 0.6 is 11.6 Å². The van der Waals surface area contributed by atoms with Crippen LogP contribution in [0.3, 0.4) is 0 Å². The molecule has 0 unspecified atom stereocenters. The third-order valence-corrected chi connectivity index (χ3v) is 10.6. The fraction of sp³-hybridized carbons (Fsp3) is 0. The molecule has 0 saturated carbocycles. The summed E-state index contributed by atoms with van der Waals surface area (Å²) in [5.41, 5.74) is 9.37. The third-order valence-electron chi connectivity index (χ3n) is 10.2. The van der Waals surface area contributed by atoms with Gasteiger partial charge in [0.25, 0.3) is 0 Å². The minimum atomic E-state index is 0.512. The molecular weight excluding hydrogens is 744 g/mol. The molecule has 0 saturated heterocycles. The van der Waals surface area contributed by atoms with Crippen molar-refractivity contribution < 1.29 is 0 Å². The van der Waals surface area contributed by atoms with Gasteiger partial charge in [0.05, 0.1) is 5.02 Å². The minimum Gasteiger partial charge on any atom is -0.208 e. The summed E-state index contributed by atoms with van der Waals surface area (Å²) in [6.07, 6.45) is 0. The fourth-order valence-corrected chi connectivity index (χ4v) is 7.41. The lowest BCUT2D eigenvalue weighted by molar-refractivity contribution is 1.07. The number of aromatic nitrogens is 6. The normalized spacial score (nSPS) is 11.1. The van der Waals surface area contributed by atoms with Gasteiger partial charge >= 0.3 is 0 Å². The van der Waals surface area contributed by atoms with E-state index in [0.29, 0.717) is 40.0 Å². The van der Waals surface area contributed by atoms with E-state index < -0.39 is 0 Å². The van der Waals surface area contributed by atoms with Crippen LogP contribution in [-0.2, 0) is 0 Å². The summed E-state index contributed by atoms with van der Waals surface area (Å²) in [7, 11) is 0. The second kappa shape index (κ2) is 15.7. The van der Waals surface area contributed by atoms with Gasteiger partial charge in [0.2, 0.25) is 0 Å². The first-order valence-corrected chi connectivity index (χ1v) is 19.7. The largest absolute Gasteiger partial charge is 0.208 e. The van der Waals surface area contributed by atoms with Gasteiger partial charge in [0, 0.05) is 33.4 Å². The minimum absolute atomic E-state index is 0.512. The van der Waals surface area contributed by atoms with E-state index in [-0.39, 0.29) is 0 Å². The number of rotatable bonds is 8. The van der Waals surface area contributed by atoms with Crippen molar-refractivity contribution in [2.45, 2.75) is 0 Å². The molecule has 0 aliphatic carbocycles. The zero-order valence-corrected chi connectivity index (χ0v) is 32.4. The second-order valence-electron chi connectivity index (χ2n) is 14.1. The first-order valence-electron chi connectivity index (χ1n) is 19.3. The van der Waals surface area contributed by atoms with Crippen molar-refractivity contribution in [3.05, 3.63) is 205 Å². The summed E-state index contributed by atoms with van der Waals surface area (Å²) >= 11 is 6.65. The second-order valence-corrected chi connectivity index (χ2v) is 14.5. The average molecular weight is 777 g/mol. The third kappa shape index (κ3) is 7.48. The smallest absolute Gasteiger partial charge is 0.165 e. The van der Waals surface area contributed by atoms with E-state index in [1.165, 1.54) is 10.8 Å². The Balaban J connectivity index is 1.11. The predicted molar refractivity (Wildman–Crippen MR) is 239 cm³/mol. The highest BCUT2D eigenvalue weighted by atomic mass is 35.5. The molecule has 10 rings (SSSR count). The van der Waals surface area contributed by atoms with Crippen LogP contribution in [0.2, 0.25) is 5.02 Å². The Bertz CT molecular complexity index is 3040. The van der Waals surface area contributed by atoms with Gasteiger partial charge < -0.3 is 0 Å². The molecule has 59 heavy (non-hydrogen) atoms. The van der Waals surface area contributed by atoms with E-state index in [0.717, 1.165) is 55.6 Å². The number of hydrogen-bond donors (Lipinski definition) is 0. The summed E-state index contributed by atoms with van der Waals surface area (Å²) in [6.45, 7) is 0. The molecule has 0 atom stereocenters. The maximum Gasteiger partial charge on any atom is 0.165 e. The van der Waals surface area contributed by atoms with Crippen LogP contribution < -0.4 is 0 Å². The topological polar surface area (TPSA) is 77.3 Å². The van der Waals surface area contributed by atoms with Crippen LogP contribution in [0.4, 0.5) is 0 Å². The molecule has 6 nitrogen and oxygen atoms in total. The molecule has 0 bridgehead atoms. The lowest BCUT2D eigenvalue weighted by Crippen LogP contribution is -2.01. The molecule has 0 spiro atoms. The summed E-state index contributed by atoms with van der Waals surface area (Å²) in [6, 6.07) is 67.5. The van der Waals surface area contributed by atoms with E-state index in [9.17, 15) is 0 Å². The number of fused-ring (bicyclic) bond motifs is 1. The Labute approximate surface area is 346 Å². The van der Waals surface area contributed by atoms with Crippen LogP contribution in [0.15, 0.2) is 200 Å². The Morgan fingerprint density at radius 3 is 1.15 bits per heavy atom. The number of halogens is 1. The molecule has 0 fully saturated rings. The molecule has 2 heterocycles. The van der Waals surface area contributed by atoms with Gasteiger partial charge in [-0.25, -0.2) is 29.9 Å². The highest BCUT2D eigenvalue weighted by Crippen LogP contribution is 2.36. The van der Waals surface area contributed by atoms with Gasteiger partial charge in [-0.15, -0.1) is 0 Å². The van der Waals surface area contributed by atoms with Crippen molar-refractivity contribution in [3.8, 4) is 90.6 Å². The first kappa shape index (κ1) is 35.7. The van der Waals surface area contributed by atoms with Crippen molar-refractivity contribution >= 4 is 22.4 Å². The van der Waals surface area contributed by atoms with Crippen molar-refractivity contribution in [1.82, 2.24) is 29.9 Å². The van der Waals surface area contributed by atoms with Gasteiger partial charge in [-0.05, 0) is 69.4 Å². The molecule has 10 aromatic rings. The van der Waals surface area contributed by atoms with Gasteiger partial charge in [-0.1, -0.05) is 175 Å². The number of nitrogens with zero attached hydrogens (tertiary/aromatic N) is 6. The molecule has 0 N–H and O–H groups in total. The predicted octanol–water partition coefficient (Wildman–Crippen LogP) is 13.2. The van der Waals surface area contributed by atoms with Crippen molar-refractivity contribution in [2.75, 3.05) is 0 Å². The van der Waals surface area contributed by atoms with Gasteiger partial charge in [0.15, 0.2) is 34.9 Å². The lowest BCUT2D eigenvalue weighted by Gasteiger charge is -2.13. The average Bonchev–Trinajstić information content (AvgIpc) is 3.32. The SMILES string of the molecule is Clc1ccccc1-c1nc(-c2ccccc2)nc(-c2ccc(-c3cc(-c4ccc5ccccc5c4)cc(-c4nc(-c5ccccc5)nc(-c5ccccc5)n4)c3)cc2)n1. The highest BCUT2D eigenvalue weighted by Gasteiger charge is 2.17. The Kier molecular flexibility index (Phi) is 9.50. The molecule has 0 aliphatic rings. The number of benzene rings is 8. The van der Waals surface area contributed by atoms with Crippen LogP contribution in [0.1, 0.15) is 0 Å². The van der Waals surface area contributed by atoms with Gasteiger partial charge in [-0.3, -0.25) is 0 Å². The Hall–Kier alpha value is -7.67. The molecule has 0 radical (unpaired) electrons. The molecule has 2 aromatic heterocycles. The Morgan fingerprint density at radius 1 is 0.237 bits per heavy atom. The monoisotopic (exact) mass is 776 g/mol. The van der Waals surface area contributed by atoms with Crippen LogP contribution in [0.25, 0.3) is 101 Å². The lowest BCUT2D eigenvalue weighted by atomic mass is 9.94. The van der Waals surface area contributed by atoms with Crippen LogP contribution in [-0.4, -0.2) is 29.9 Å². The molecule has 8 aromatic carbocycles. The highest BCUT2D eigenvalue weighted by molar-refractivity contribution is 6.33. The molecule has 0 aliphatic heterocycles. The van der Waals surface area contributed by atoms with E-state index in [2.05, 4.69) is 84.9 Å². The van der Waals surface area contributed by atoms with E-state index >= 15 is 0 Å². The van der Waals surface area contributed by atoms with Crippen molar-refractivity contribution in [3.63, 3.8) is 0 Å². The van der Waals surface area contributed by atoms with Crippen LogP contribution in [0.5, 0.6) is 0 Å². The maximum absolute atomic E-state index is 6.65. The van der Waals surface area contributed by atoms with E-state index in [1.807, 2.05) is 115 Å². The Morgan fingerprint density at radius 2 is 0.610 bits per heavy atom. The van der Waals surface area contributed by atoms with Gasteiger partial charge in [0.1, 0.15) is 0 Å². The summed E-state index contributed by atoms with van der Waals surface area (Å²) in [5, 5.41) is 2.93. The molecule has 7 heteroatoms. The molecule has 278 valence electrons. The van der Waals surface area contributed by atoms with Crippen LogP contribution in [0, 0.1) is 0 Å². The van der Waals surface area contributed by atoms with Crippen molar-refractivity contribution in [1.29, 1.82) is 0 Å². The molecular formula is C52H33ClN6. The van der Waals surface area contributed by atoms with Gasteiger partial charge in [-0.2, -0.15) is 0 Å². The zero-order chi connectivity index (χ0) is 39.5. The standard InChI is InChI=1S/C52H33ClN6/c53-46-23-13-12-22-45(46)52-58-49(38-19-8-3-9-20-38)55-50(59-52)39-27-24-35(25-28-39)42-31-43(41-29-26-34-14-10-11-21-40(34)30-41)33-44(32-42)51-56-47(36-15-4-1-5-16-36)54-48(57-51)37-17-6-2-7-18-37/h1-33H.